The van der Waals surface area contributed by atoms with Crippen LogP contribution >= 0.6 is 11.6 Å². The molecule has 0 radical (unpaired) electrons. The molecule has 0 spiro atoms. The number of furan rings is 1. The fraction of sp³-hybridized carbons (Fsp3) is 0.440. The van der Waals surface area contributed by atoms with Crippen LogP contribution in [0.4, 0.5) is 5.69 Å². The number of rotatable bonds is 4. The van der Waals surface area contributed by atoms with Gasteiger partial charge in [0, 0.05) is 23.9 Å². The predicted octanol–water partition coefficient (Wildman–Crippen LogP) is 5.01. The van der Waals surface area contributed by atoms with E-state index in [4.69, 9.17) is 20.8 Å². The van der Waals surface area contributed by atoms with E-state index in [-0.39, 0.29) is 17.9 Å². The van der Waals surface area contributed by atoms with Gasteiger partial charge >= 0.3 is 0 Å². The molecule has 1 aliphatic heterocycles. The number of carbonyl (C=O) groups excluding carboxylic acids is 2. The van der Waals surface area contributed by atoms with Crippen LogP contribution in [0.15, 0.2) is 41.0 Å². The highest BCUT2D eigenvalue weighted by molar-refractivity contribution is 6.32. The Kier molecular flexibility index (Phi) is 5.40. The molecule has 1 saturated carbocycles. The normalized spacial score (nSPS) is 25.2. The smallest absolute Gasteiger partial charge is 0.276 e. The topological polar surface area (TPSA) is 76.7 Å². The number of benzene rings is 1. The minimum Gasteiger partial charge on any atom is -0.495 e. The molecule has 3 atom stereocenters. The fourth-order valence-corrected chi connectivity index (χ4v) is 5.52. The Morgan fingerprint density at radius 3 is 2.76 bits per heavy atom. The molecule has 0 unspecified atom stereocenters. The van der Waals surface area contributed by atoms with Gasteiger partial charge in [0.25, 0.3) is 5.91 Å². The van der Waals surface area contributed by atoms with Gasteiger partial charge in [0.15, 0.2) is 5.58 Å². The Morgan fingerprint density at radius 1 is 1.24 bits per heavy atom. The quantitative estimate of drug-likeness (QED) is 0.582. The molecule has 1 fully saturated rings. The molecule has 1 aromatic carbocycles. The van der Waals surface area contributed by atoms with E-state index < -0.39 is 5.54 Å². The molecule has 3 heterocycles. The molecule has 8 heteroatoms. The molecule has 0 saturated heterocycles. The molecule has 1 N–H and O–H groups in total. The Bertz CT molecular complexity index is 1230. The van der Waals surface area contributed by atoms with Crippen molar-refractivity contribution in [1.82, 2.24) is 9.88 Å². The Balaban J connectivity index is 1.60. The second-order valence-corrected chi connectivity index (χ2v) is 9.77. The van der Waals surface area contributed by atoms with Crippen molar-refractivity contribution in [3.05, 3.63) is 47.3 Å². The number of hydrogen-bond acceptors (Lipinski definition) is 4. The van der Waals surface area contributed by atoms with Crippen LogP contribution in [0, 0.1) is 5.92 Å². The van der Waals surface area contributed by atoms with Crippen molar-refractivity contribution in [2.24, 2.45) is 5.92 Å². The van der Waals surface area contributed by atoms with Gasteiger partial charge in [0.2, 0.25) is 5.91 Å². The van der Waals surface area contributed by atoms with E-state index >= 15 is 0 Å². The van der Waals surface area contributed by atoms with Gasteiger partial charge in [0.1, 0.15) is 17.0 Å². The number of fused-ring (bicyclic) bond motifs is 3. The number of methoxy groups -OCH3 is 1. The van der Waals surface area contributed by atoms with Gasteiger partial charge in [-0.3, -0.25) is 14.5 Å². The summed E-state index contributed by atoms with van der Waals surface area (Å²) in [4.78, 5) is 29.3. The molecule has 1 aliphatic carbocycles. The molecule has 3 aromatic rings. The summed E-state index contributed by atoms with van der Waals surface area (Å²) < 4.78 is 12.7. The van der Waals surface area contributed by atoms with Crippen LogP contribution in [0.2, 0.25) is 5.02 Å². The molecule has 7 nitrogen and oxygen atoms in total. The molecule has 174 valence electrons. The maximum atomic E-state index is 13.9. The standard InChI is InChI=1S/C25H28ClN3O4/c1-15-6-4-5-7-18(15)27-24(31)25(2)14-28-19-10-11-33-22(19)13-20(28)23(30)29(25)16-8-9-21(32-3)17(26)12-16/h8-13,15,18H,4-7,14H2,1-3H3,(H,27,31)/t15-,18+,25-/m1/s1. The van der Waals surface area contributed by atoms with Crippen molar-refractivity contribution < 1.29 is 18.7 Å². The van der Waals surface area contributed by atoms with Gasteiger partial charge in [0.05, 0.1) is 30.5 Å². The summed E-state index contributed by atoms with van der Waals surface area (Å²) in [5, 5.41) is 3.65. The summed E-state index contributed by atoms with van der Waals surface area (Å²) in [7, 11) is 1.54. The number of ether oxygens (including phenoxy) is 1. The van der Waals surface area contributed by atoms with Gasteiger partial charge in [-0.15, -0.1) is 0 Å². The second-order valence-electron chi connectivity index (χ2n) is 9.36. The highest BCUT2D eigenvalue weighted by Crippen LogP contribution is 2.39. The van der Waals surface area contributed by atoms with Gasteiger partial charge in [-0.1, -0.05) is 31.4 Å². The minimum atomic E-state index is -1.16. The number of carbonyl (C=O) groups is 2. The van der Waals surface area contributed by atoms with Crippen LogP contribution in [0.25, 0.3) is 11.1 Å². The third kappa shape index (κ3) is 3.50. The van der Waals surface area contributed by atoms with E-state index in [1.54, 1.807) is 35.4 Å². The van der Waals surface area contributed by atoms with Crippen molar-refractivity contribution in [2.45, 2.75) is 57.7 Å². The lowest BCUT2D eigenvalue weighted by molar-refractivity contribution is -0.127. The molecule has 2 aliphatic rings. The lowest BCUT2D eigenvalue weighted by atomic mass is 9.84. The first-order valence-corrected chi connectivity index (χ1v) is 11.8. The van der Waals surface area contributed by atoms with Gasteiger partial charge in [-0.2, -0.15) is 0 Å². The van der Waals surface area contributed by atoms with E-state index in [9.17, 15) is 9.59 Å². The largest absolute Gasteiger partial charge is 0.495 e. The molecule has 2 aromatic heterocycles. The molecular formula is C25H28ClN3O4. The van der Waals surface area contributed by atoms with E-state index in [1.165, 1.54) is 13.5 Å². The minimum absolute atomic E-state index is 0.0967. The van der Waals surface area contributed by atoms with Crippen LogP contribution in [-0.2, 0) is 11.3 Å². The van der Waals surface area contributed by atoms with Crippen LogP contribution in [0.1, 0.15) is 50.0 Å². The summed E-state index contributed by atoms with van der Waals surface area (Å²) in [5.74, 6) is 0.464. The van der Waals surface area contributed by atoms with Crippen molar-refractivity contribution >= 4 is 40.2 Å². The van der Waals surface area contributed by atoms with E-state index in [0.29, 0.717) is 40.2 Å². The van der Waals surface area contributed by atoms with E-state index in [2.05, 4.69) is 12.2 Å². The highest BCUT2D eigenvalue weighted by Gasteiger charge is 2.49. The zero-order valence-electron chi connectivity index (χ0n) is 19.1. The van der Waals surface area contributed by atoms with Gasteiger partial charge in [-0.05, 0) is 43.9 Å². The third-order valence-corrected chi connectivity index (χ3v) is 7.51. The summed E-state index contributed by atoms with van der Waals surface area (Å²) in [5.41, 5.74) is 1.28. The summed E-state index contributed by atoms with van der Waals surface area (Å²) in [6.07, 6.45) is 5.92. The first kappa shape index (κ1) is 21.9. The van der Waals surface area contributed by atoms with Crippen LogP contribution in [0.3, 0.4) is 0 Å². The lowest BCUT2D eigenvalue weighted by Crippen LogP contribution is -2.65. The number of anilines is 1. The zero-order valence-corrected chi connectivity index (χ0v) is 19.8. The average Bonchev–Trinajstić information content (AvgIpc) is 3.38. The molecule has 5 rings (SSSR count). The first-order chi connectivity index (χ1) is 15.8. The maximum absolute atomic E-state index is 13.9. The second kappa shape index (κ2) is 8.13. The van der Waals surface area contributed by atoms with Crippen LogP contribution in [-0.4, -0.2) is 35.1 Å². The van der Waals surface area contributed by atoms with Crippen molar-refractivity contribution in [3.63, 3.8) is 0 Å². The monoisotopic (exact) mass is 469 g/mol. The van der Waals surface area contributed by atoms with E-state index in [1.807, 2.05) is 17.6 Å². The van der Waals surface area contributed by atoms with Crippen LogP contribution in [0.5, 0.6) is 5.75 Å². The summed E-state index contributed by atoms with van der Waals surface area (Å²) >= 11 is 6.41. The number of nitrogens with zero attached hydrogens (tertiary/aromatic N) is 2. The first-order valence-electron chi connectivity index (χ1n) is 11.4. The molecular weight excluding hydrogens is 442 g/mol. The zero-order chi connectivity index (χ0) is 23.3. The number of nitrogens with one attached hydrogen (secondary N) is 1. The Morgan fingerprint density at radius 2 is 2.03 bits per heavy atom. The number of halogens is 1. The van der Waals surface area contributed by atoms with E-state index in [0.717, 1.165) is 24.8 Å². The SMILES string of the molecule is COc1ccc(N2C(=O)c3cc4occc4n3C[C@]2(C)C(=O)N[C@H]2CCCC[C@H]2C)cc1Cl. The summed E-state index contributed by atoms with van der Waals surface area (Å²) in [6, 6.07) is 8.81. The van der Waals surface area contributed by atoms with Crippen LogP contribution < -0.4 is 15.0 Å². The number of hydrogen-bond donors (Lipinski definition) is 1. The number of aromatic nitrogens is 1. The molecule has 33 heavy (non-hydrogen) atoms. The Labute approximate surface area is 197 Å². The van der Waals surface area contributed by atoms with Crippen molar-refractivity contribution in [3.8, 4) is 5.75 Å². The molecule has 0 bridgehead atoms. The molecule has 2 amide bonds. The van der Waals surface area contributed by atoms with Crippen molar-refractivity contribution in [1.29, 1.82) is 0 Å². The predicted molar refractivity (Wildman–Crippen MR) is 127 cm³/mol. The highest BCUT2D eigenvalue weighted by atomic mass is 35.5. The summed E-state index contributed by atoms with van der Waals surface area (Å²) in [6.45, 7) is 4.30. The van der Waals surface area contributed by atoms with Crippen molar-refractivity contribution in [2.75, 3.05) is 12.0 Å². The average molecular weight is 470 g/mol. The lowest BCUT2D eigenvalue weighted by Gasteiger charge is -2.45. The third-order valence-electron chi connectivity index (χ3n) is 7.22. The van der Waals surface area contributed by atoms with Gasteiger partial charge < -0.3 is 19.0 Å². The maximum Gasteiger partial charge on any atom is 0.276 e. The van der Waals surface area contributed by atoms with Gasteiger partial charge in [-0.25, -0.2) is 0 Å². The fourth-order valence-electron chi connectivity index (χ4n) is 5.27. The Hall–Kier alpha value is -2.93. The number of amides is 2.